The molecule has 2 atom stereocenters. The average Bonchev–Trinajstić information content (AvgIpc) is 3.08. The fourth-order valence-corrected chi connectivity index (χ4v) is 3.44. The van der Waals surface area contributed by atoms with Gasteiger partial charge in [0.05, 0.1) is 22.4 Å². The van der Waals surface area contributed by atoms with Gasteiger partial charge in [-0.05, 0) is 42.5 Å². The third-order valence-corrected chi connectivity index (χ3v) is 5.12. The molecule has 178 valence electrons. The lowest BCUT2D eigenvalue weighted by molar-refractivity contribution is -0.137. The van der Waals surface area contributed by atoms with Crippen molar-refractivity contribution in [3.8, 4) is 0 Å². The molecule has 0 aromatic heterocycles. The van der Waals surface area contributed by atoms with Crippen molar-refractivity contribution in [2.45, 2.75) is 18.4 Å². The summed E-state index contributed by atoms with van der Waals surface area (Å²) in [5.41, 5.74) is -1.40. The Bertz CT molecular complexity index is 1210. The molecule has 10 heteroatoms. The van der Waals surface area contributed by atoms with Crippen LogP contribution in [0.1, 0.15) is 26.3 Å². The molecule has 0 bridgehead atoms. The molecular formula is C25H16F3NO6. The molecule has 0 spiro atoms. The zero-order chi connectivity index (χ0) is 25.2. The molecule has 2 amide bonds. The number of nitrogens with zero attached hydrogens (tertiary/aromatic N) is 1. The van der Waals surface area contributed by atoms with Crippen LogP contribution in [0.15, 0.2) is 84.9 Å². The Hall–Kier alpha value is -4.47. The lowest BCUT2D eigenvalue weighted by Gasteiger charge is -2.16. The van der Waals surface area contributed by atoms with Crippen LogP contribution in [0.4, 0.5) is 18.9 Å². The molecule has 7 nitrogen and oxygen atoms in total. The summed E-state index contributed by atoms with van der Waals surface area (Å²) in [5, 5.41) is 0. The minimum absolute atomic E-state index is 0.0541. The molecule has 0 aliphatic carbocycles. The Morgan fingerprint density at radius 3 is 1.57 bits per heavy atom. The fourth-order valence-electron chi connectivity index (χ4n) is 3.44. The molecule has 35 heavy (non-hydrogen) atoms. The summed E-state index contributed by atoms with van der Waals surface area (Å²) in [7, 11) is 0. The van der Waals surface area contributed by atoms with Crippen molar-refractivity contribution >= 4 is 29.4 Å². The van der Waals surface area contributed by atoms with Gasteiger partial charge in [-0.3, -0.25) is 9.59 Å². The number of carbonyl (C=O) groups excluding carboxylic acids is 4. The van der Waals surface area contributed by atoms with Gasteiger partial charge in [0.1, 0.15) is 0 Å². The number of ether oxygens (including phenoxy) is 2. The largest absolute Gasteiger partial charge is 0.444 e. The van der Waals surface area contributed by atoms with Gasteiger partial charge in [0.2, 0.25) is 12.2 Å². The highest BCUT2D eigenvalue weighted by Crippen LogP contribution is 2.34. The second kappa shape index (κ2) is 9.41. The Balaban J connectivity index is 1.68. The van der Waals surface area contributed by atoms with E-state index in [0.29, 0.717) is 11.0 Å². The molecular weight excluding hydrogens is 467 g/mol. The van der Waals surface area contributed by atoms with Crippen molar-refractivity contribution in [1.82, 2.24) is 0 Å². The summed E-state index contributed by atoms with van der Waals surface area (Å²) < 4.78 is 50.0. The monoisotopic (exact) mass is 483 g/mol. The average molecular weight is 483 g/mol. The first-order chi connectivity index (χ1) is 16.7. The van der Waals surface area contributed by atoms with Crippen LogP contribution in [0, 0.1) is 0 Å². The van der Waals surface area contributed by atoms with Crippen LogP contribution in [0.3, 0.4) is 0 Å². The topological polar surface area (TPSA) is 90.0 Å². The molecule has 0 radical (unpaired) electrons. The summed E-state index contributed by atoms with van der Waals surface area (Å²) in [6.45, 7) is 0. The van der Waals surface area contributed by atoms with E-state index >= 15 is 0 Å². The van der Waals surface area contributed by atoms with Gasteiger partial charge >= 0.3 is 18.1 Å². The van der Waals surface area contributed by atoms with Crippen LogP contribution >= 0.6 is 0 Å². The zero-order valence-electron chi connectivity index (χ0n) is 17.8. The van der Waals surface area contributed by atoms with E-state index in [-0.39, 0.29) is 11.1 Å². The van der Waals surface area contributed by atoms with Crippen molar-refractivity contribution in [2.75, 3.05) is 4.90 Å². The van der Waals surface area contributed by atoms with Crippen LogP contribution < -0.4 is 4.90 Å². The van der Waals surface area contributed by atoms with E-state index in [1.165, 1.54) is 24.3 Å². The Labute approximate surface area is 196 Å². The van der Waals surface area contributed by atoms with E-state index in [9.17, 15) is 32.3 Å². The van der Waals surface area contributed by atoms with Gasteiger partial charge in [-0.25, -0.2) is 14.5 Å². The van der Waals surface area contributed by atoms with E-state index in [0.717, 1.165) is 18.2 Å². The predicted molar refractivity (Wildman–Crippen MR) is 115 cm³/mol. The van der Waals surface area contributed by atoms with E-state index in [2.05, 4.69) is 0 Å². The lowest BCUT2D eigenvalue weighted by atomic mass is 10.2. The van der Waals surface area contributed by atoms with E-state index in [1.807, 2.05) is 0 Å². The highest BCUT2D eigenvalue weighted by atomic mass is 19.4. The molecule has 1 heterocycles. The molecule has 1 aliphatic rings. The summed E-state index contributed by atoms with van der Waals surface area (Å²) in [6, 6.07) is 18.6. The number of imide groups is 1. The van der Waals surface area contributed by atoms with Crippen LogP contribution in [0.25, 0.3) is 0 Å². The number of alkyl halides is 3. The molecule has 1 aliphatic heterocycles. The normalized spacial score (nSPS) is 17.9. The summed E-state index contributed by atoms with van der Waals surface area (Å²) in [6.07, 6.45) is -8.55. The van der Waals surface area contributed by atoms with E-state index in [1.54, 1.807) is 36.4 Å². The maximum absolute atomic E-state index is 13.2. The first kappa shape index (κ1) is 23.7. The summed E-state index contributed by atoms with van der Waals surface area (Å²) in [5.74, 6) is -4.26. The summed E-state index contributed by atoms with van der Waals surface area (Å²) >= 11 is 0. The van der Waals surface area contributed by atoms with E-state index in [4.69, 9.17) is 9.47 Å². The smallest absolute Gasteiger partial charge is 0.416 e. The standard InChI is InChI=1S/C25H16F3NO6/c26-25(27,28)17-12-7-13-18(14-17)29-21(30)19(34-23(32)15-8-3-1-4-9-15)20(22(29)31)35-24(33)16-10-5-2-6-11-16/h1-14,19-20H/t19-,20-/m0/s1. The Kier molecular flexibility index (Phi) is 6.37. The number of carbonyl (C=O) groups is 4. The van der Waals surface area contributed by atoms with Gasteiger partial charge in [0.15, 0.2) is 0 Å². The van der Waals surface area contributed by atoms with Gasteiger partial charge in [0.25, 0.3) is 11.8 Å². The van der Waals surface area contributed by atoms with Crippen LogP contribution in [-0.2, 0) is 25.2 Å². The van der Waals surface area contributed by atoms with Crippen molar-refractivity contribution in [1.29, 1.82) is 0 Å². The lowest BCUT2D eigenvalue weighted by Crippen LogP contribution is -2.37. The van der Waals surface area contributed by atoms with Gasteiger partial charge in [-0.2, -0.15) is 13.2 Å². The number of anilines is 1. The maximum atomic E-state index is 13.2. The molecule has 4 rings (SSSR count). The highest BCUT2D eigenvalue weighted by Gasteiger charge is 2.53. The second-order valence-electron chi connectivity index (χ2n) is 7.44. The number of amides is 2. The van der Waals surface area contributed by atoms with Crippen molar-refractivity contribution < 1.29 is 41.8 Å². The third kappa shape index (κ3) is 4.91. The molecule has 0 saturated carbocycles. The minimum Gasteiger partial charge on any atom is -0.444 e. The maximum Gasteiger partial charge on any atom is 0.416 e. The molecule has 0 N–H and O–H groups in total. The van der Waals surface area contributed by atoms with Crippen LogP contribution in [0.5, 0.6) is 0 Å². The number of hydrogen-bond acceptors (Lipinski definition) is 6. The van der Waals surface area contributed by atoms with Gasteiger partial charge < -0.3 is 9.47 Å². The van der Waals surface area contributed by atoms with Crippen LogP contribution in [-0.4, -0.2) is 36.0 Å². The first-order valence-electron chi connectivity index (χ1n) is 10.2. The van der Waals surface area contributed by atoms with Crippen molar-refractivity contribution in [3.63, 3.8) is 0 Å². The quantitative estimate of drug-likeness (QED) is 0.402. The second-order valence-corrected chi connectivity index (χ2v) is 7.44. The molecule has 1 saturated heterocycles. The van der Waals surface area contributed by atoms with Gasteiger partial charge in [-0.1, -0.05) is 42.5 Å². The summed E-state index contributed by atoms with van der Waals surface area (Å²) in [4.78, 5) is 51.9. The molecule has 1 fully saturated rings. The fraction of sp³-hybridized carbons (Fsp3) is 0.120. The predicted octanol–water partition coefficient (Wildman–Crippen LogP) is 4.03. The minimum atomic E-state index is -4.74. The van der Waals surface area contributed by atoms with Gasteiger partial charge in [-0.15, -0.1) is 0 Å². The Morgan fingerprint density at radius 1 is 0.686 bits per heavy atom. The number of benzene rings is 3. The van der Waals surface area contributed by atoms with Crippen molar-refractivity contribution in [2.24, 2.45) is 0 Å². The van der Waals surface area contributed by atoms with Crippen LogP contribution in [0.2, 0.25) is 0 Å². The van der Waals surface area contributed by atoms with E-state index < -0.39 is 53.4 Å². The SMILES string of the molecule is O=C(O[C@@H]1C(=O)N(c2cccc(C(F)(F)F)c2)C(=O)[C@H]1OC(=O)c1ccccc1)c1ccccc1. The number of halogens is 3. The molecule has 3 aromatic carbocycles. The number of hydrogen-bond donors (Lipinski definition) is 0. The zero-order valence-corrected chi connectivity index (χ0v) is 17.8. The third-order valence-electron chi connectivity index (χ3n) is 5.12. The Morgan fingerprint density at radius 2 is 1.14 bits per heavy atom. The van der Waals surface area contributed by atoms with Gasteiger partial charge in [0, 0.05) is 0 Å². The number of esters is 2. The molecule has 0 unspecified atom stereocenters. The number of rotatable bonds is 5. The highest BCUT2D eigenvalue weighted by molar-refractivity contribution is 6.25. The first-order valence-corrected chi connectivity index (χ1v) is 10.2. The van der Waals surface area contributed by atoms with Crippen molar-refractivity contribution in [3.05, 3.63) is 102 Å². The molecule has 3 aromatic rings.